The number of hydrogen-bond donors (Lipinski definition) is 1. The standard InChI is InChI=1S/C20H23N5O/c1-2-7-18-17(6-1)20(22-9-4-10-25-11-13-26-14-12-25)24-19(23-18)16-5-3-8-21-15-16/h1-3,5-8,15H,4,9-14H2,(H,22,23,24). The third-order valence-electron chi connectivity index (χ3n) is 4.57. The molecule has 0 saturated carbocycles. The van der Waals surface area contributed by atoms with Gasteiger partial charge in [0, 0.05) is 43.0 Å². The Hall–Kier alpha value is -2.57. The Balaban J connectivity index is 1.49. The molecule has 1 aliphatic rings. The Morgan fingerprint density at radius 3 is 2.77 bits per heavy atom. The van der Waals surface area contributed by atoms with Crippen LogP contribution in [0, 0.1) is 0 Å². The van der Waals surface area contributed by atoms with E-state index in [9.17, 15) is 0 Å². The maximum Gasteiger partial charge on any atom is 0.163 e. The molecule has 0 unspecified atom stereocenters. The normalized spacial score (nSPS) is 15.2. The lowest BCUT2D eigenvalue weighted by atomic mass is 10.2. The zero-order valence-electron chi connectivity index (χ0n) is 14.8. The number of aromatic nitrogens is 3. The average molecular weight is 349 g/mol. The topological polar surface area (TPSA) is 63.2 Å². The summed E-state index contributed by atoms with van der Waals surface area (Å²) in [5.41, 5.74) is 1.87. The Morgan fingerprint density at radius 2 is 1.92 bits per heavy atom. The third-order valence-corrected chi connectivity index (χ3v) is 4.57. The van der Waals surface area contributed by atoms with Crippen LogP contribution in [0.5, 0.6) is 0 Å². The van der Waals surface area contributed by atoms with Crippen molar-refractivity contribution in [2.45, 2.75) is 6.42 Å². The average Bonchev–Trinajstić information content (AvgIpc) is 2.72. The molecule has 26 heavy (non-hydrogen) atoms. The summed E-state index contributed by atoms with van der Waals surface area (Å²) in [5, 5.41) is 4.56. The molecular weight excluding hydrogens is 326 g/mol. The Bertz CT molecular complexity index is 849. The number of morpholine rings is 1. The predicted molar refractivity (Wildman–Crippen MR) is 103 cm³/mol. The van der Waals surface area contributed by atoms with Gasteiger partial charge in [-0.25, -0.2) is 9.97 Å². The van der Waals surface area contributed by atoms with Gasteiger partial charge in [0.05, 0.1) is 18.7 Å². The van der Waals surface area contributed by atoms with Gasteiger partial charge in [-0.15, -0.1) is 0 Å². The van der Waals surface area contributed by atoms with Crippen LogP contribution in [0.4, 0.5) is 5.82 Å². The van der Waals surface area contributed by atoms with E-state index in [4.69, 9.17) is 14.7 Å². The maximum atomic E-state index is 5.40. The number of benzene rings is 1. The van der Waals surface area contributed by atoms with Crippen LogP contribution in [0.25, 0.3) is 22.3 Å². The third kappa shape index (κ3) is 3.98. The molecule has 1 saturated heterocycles. The molecule has 3 heterocycles. The van der Waals surface area contributed by atoms with Crippen molar-refractivity contribution in [3.05, 3.63) is 48.8 Å². The van der Waals surface area contributed by atoms with E-state index < -0.39 is 0 Å². The van der Waals surface area contributed by atoms with Crippen molar-refractivity contribution in [1.82, 2.24) is 19.9 Å². The maximum absolute atomic E-state index is 5.40. The molecule has 1 aliphatic heterocycles. The Morgan fingerprint density at radius 1 is 1.04 bits per heavy atom. The molecule has 2 aromatic heterocycles. The first-order valence-corrected chi connectivity index (χ1v) is 9.11. The molecule has 6 nitrogen and oxygen atoms in total. The summed E-state index contributed by atoms with van der Waals surface area (Å²) in [5.74, 6) is 1.59. The summed E-state index contributed by atoms with van der Waals surface area (Å²) in [4.78, 5) is 16.1. The van der Waals surface area contributed by atoms with Gasteiger partial charge in [0.2, 0.25) is 0 Å². The summed E-state index contributed by atoms with van der Waals surface area (Å²) < 4.78 is 5.40. The predicted octanol–water partition coefficient (Wildman–Crippen LogP) is 2.83. The summed E-state index contributed by atoms with van der Waals surface area (Å²) in [6.07, 6.45) is 4.63. The lowest BCUT2D eigenvalue weighted by molar-refractivity contribution is 0.0378. The fourth-order valence-corrected chi connectivity index (χ4v) is 3.17. The van der Waals surface area contributed by atoms with Crippen molar-refractivity contribution >= 4 is 16.7 Å². The number of anilines is 1. The number of fused-ring (bicyclic) bond motifs is 1. The number of pyridine rings is 1. The summed E-state index contributed by atoms with van der Waals surface area (Å²) in [6, 6.07) is 12.0. The van der Waals surface area contributed by atoms with E-state index >= 15 is 0 Å². The zero-order valence-corrected chi connectivity index (χ0v) is 14.8. The molecule has 0 spiro atoms. The van der Waals surface area contributed by atoms with Crippen LogP contribution in [0.15, 0.2) is 48.8 Å². The van der Waals surface area contributed by atoms with Crippen LogP contribution in [0.3, 0.4) is 0 Å². The quantitative estimate of drug-likeness (QED) is 0.691. The van der Waals surface area contributed by atoms with Crippen LogP contribution in [0.2, 0.25) is 0 Å². The summed E-state index contributed by atoms with van der Waals surface area (Å²) in [6.45, 7) is 5.71. The number of hydrogen-bond acceptors (Lipinski definition) is 6. The van der Waals surface area contributed by atoms with Crippen molar-refractivity contribution in [2.24, 2.45) is 0 Å². The van der Waals surface area contributed by atoms with E-state index in [0.717, 1.165) is 68.1 Å². The van der Waals surface area contributed by atoms with Gasteiger partial charge in [-0.3, -0.25) is 9.88 Å². The van der Waals surface area contributed by atoms with E-state index in [-0.39, 0.29) is 0 Å². The molecule has 4 rings (SSSR count). The summed E-state index contributed by atoms with van der Waals surface area (Å²) >= 11 is 0. The number of ether oxygens (including phenoxy) is 1. The van der Waals surface area contributed by atoms with Gasteiger partial charge >= 0.3 is 0 Å². The van der Waals surface area contributed by atoms with Crippen LogP contribution >= 0.6 is 0 Å². The van der Waals surface area contributed by atoms with Crippen molar-refractivity contribution in [3.8, 4) is 11.4 Å². The van der Waals surface area contributed by atoms with Crippen LogP contribution < -0.4 is 5.32 Å². The Kier molecular flexibility index (Phi) is 5.33. The lowest BCUT2D eigenvalue weighted by Gasteiger charge is -2.26. The molecule has 0 bridgehead atoms. The summed E-state index contributed by atoms with van der Waals surface area (Å²) in [7, 11) is 0. The molecule has 1 fully saturated rings. The van der Waals surface area contributed by atoms with E-state index in [2.05, 4.69) is 21.3 Å². The number of nitrogens with one attached hydrogen (secondary N) is 1. The van der Waals surface area contributed by atoms with Crippen molar-refractivity contribution in [1.29, 1.82) is 0 Å². The van der Waals surface area contributed by atoms with E-state index in [1.54, 1.807) is 12.4 Å². The second-order valence-corrected chi connectivity index (χ2v) is 6.39. The molecule has 0 atom stereocenters. The van der Waals surface area contributed by atoms with Gasteiger partial charge in [0.25, 0.3) is 0 Å². The second kappa shape index (κ2) is 8.21. The fourth-order valence-electron chi connectivity index (χ4n) is 3.17. The number of para-hydroxylation sites is 1. The van der Waals surface area contributed by atoms with Gasteiger partial charge in [-0.05, 0) is 37.2 Å². The van der Waals surface area contributed by atoms with Gasteiger partial charge in [-0.1, -0.05) is 12.1 Å². The number of nitrogens with zero attached hydrogens (tertiary/aromatic N) is 4. The molecule has 0 amide bonds. The van der Waals surface area contributed by atoms with Crippen LogP contribution in [0.1, 0.15) is 6.42 Å². The fraction of sp³-hybridized carbons (Fsp3) is 0.350. The highest BCUT2D eigenvalue weighted by molar-refractivity contribution is 5.90. The van der Waals surface area contributed by atoms with E-state index in [1.807, 2.05) is 30.3 Å². The molecule has 0 radical (unpaired) electrons. The highest BCUT2D eigenvalue weighted by Gasteiger charge is 2.11. The first-order valence-electron chi connectivity index (χ1n) is 9.11. The highest BCUT2D eigenvalue weighted by atomic mass is 16.5. The van der Waals surface area contributed by atoms with Crippen molar-refractivity contribution in [3.63, 3.8) is 0 Å². The Labute approximate surface area is 153 Å². The molecule has 0 aliphatic carbocycles. The minimum absolute atomic E-state index is 0.701. The highest BCUT2D eigenvalue weighted by Crippen LogP contribution is 2.24. The van der Waals surface area contributed by atoms with Crippen molar-refractivity contribution in [2.75, 3.05) is 44.7 Å². The van der Waals surface area contributed by atoms with E-state index in [0.29, 0.717) is 5.82 Å². The van der Waals surface area contributed by atoms with E-state index in [1.165, 1.54) is 0 Å². The van der Waals surface area contributed by atoms with Gasteiger partial charge in [-0.2, -0.15) is 0 Å². The molecule has 6 heteroatoms. The van der Waals surface area contributed by atoms with Crippen molar-refractivity contribution < 1.29 is 4.74 Å². The van der Waals surface area contributed by atoms with Crippen LogP contribution in [-0.2, 0) is 4.74 Å². The molecule has 1 aromatic carbocycles. The van der Waals surface area contributed by atoms with Gasteiger partial charge in [0.1, 0.15) is 5.82 Å². The largest absolute Gasteiger partial charge is 0.379 e. The molecule has 134 valence electrons. The minimum atomic E-state index is 0.701. The van der Waals surface area contributed by atoms with Gasteiger partial charge < -0.3 is 10.1 Å². The monoisotopic (exact) mass is 349 g/mol. The zero-order chi connectivity index (χ0) is 17.6. The lowest BCUT2D eigenvalue weighted by Crippen LogP contribution is -2.37. The first kappa shape index (κ1) is 16.9. The molecule has 1 N–H and O–H groups in total. The molecular formula is C20H23N5O. The van der Waals surface area contributed by atoms with Crippen LogP contribution in [-0.4, -0.2) is 59.2 Å². The SMILES string of the molecule is c1cncc(-c2nc(NCCCN3CCOCC3)c3ccccc3n2)c1. The smallest absolute Gasteiger partial charge is 0.163 e. The number of rotatable bonds is 6. The second-order valence-electron chi connectivity index (χ2n) is 6.39. The van der Waals surface area contributed by atoms with Gasteiger partial charge in [0.15, 0.2) is 5.82 Å². The minimum Gasteiger partial charge on any atom is -0.379 e. The molecule has 3 aromatic rings. The first-order chi connectivity index (χ1) is 12.9.